The first-order valence-corrected chi connectivity index (χ1v) is 7.02. The lowest BCUT2D eigenvalue weighted by Gasteiger charge is -2.33. The van der Waals surface area contributed by atoms with E-state index in [0.29, 0.717) is 5.92 Å². The highest BCUT2D eigenvalue weighted by Gasteiger charge is 2.28. The first-order valence-electron chi connectivity index (χ1n) is 7.02. The van der Waals surface area contributed by atoms with Crippen LogP contribution in [0.15, 0.2) is 12.4 Å². The van der Waals surface area contributed by atoms with Gasteiger partial charge >= 0.3 is 0 Å². The van der Waals surface area contributed by atoms with Crippen molar-refractivity contribution in [3.63, 3.8) is 0 Å². The fraction of sp³-hybridized carbons (Fsp3) is 0.714. The Morgan fingerprint density at radius 3 is 2.84 bits per heavy atom. The van der Waals surface area contributed by atoms with E-state index in [9.17, 15) is 4.79 Å². The zero-order valence-electron chi connectivity index (χ0n) is 12.0. The predicted molar refractivity (Wildman–Crippen MR) is 74.2 cm³/mol. The zero-order chi connectivity index (χ0) is 14.0. The summed E-state index contributed by atoms with van der Waals surface area (Å²) >= 11 is 0. The van der Waals surface area contributed by atoms with Crippen molar-refractivity contribution < 1.29 is 4.79 Å². The average molecular weight is 264 g/mol. The molecule has 0 saturated heterocycles. The van der Waals surface area contributed by atoms with Gasteiger partial charge in [-0.3, -0.25) is 9.48 Å². The van der Waals surface area contributed by atoms with Crippen molar-refractivity contribution in [2.24, 2.45) is 24.6 Å². The van der Waals surface area contributed by atoms with E-state index in [1.165, 1.54) is 12.8 Å². The lowest BCUT2D eigenvalue weighted by Crippen LogP contribution is -2.45. The number of nitrogens with zero attached hydrogens (tertiary/aromatic N) is 2. The molecule has 3 N–H and O–H groups in total. The Labute approximate surface area is 114 Å². The van der Waals surface area contributed by atoms with Gasteiger partial charge in [0.05, 0.1) is 6.20 Å². The Kier molecular flexibility index (Phi) is 4.24. The quantitative estimate of drug-likeness (QED) is 0.865. The fourth-order valence-corrected chi connectivity index (χ4v) is 2.90. The van der Waals surface area contributed by atoms with Crippen molar-refractivity contribution in [1.82, 2.24) is 15.1 Å². The third-order valence-corrected chi connectivity index (χ3v) is 4.13. The first kappa shape index (κ1) is 14.1. The van der Waals surface area contributed by atoms with Gasteiger partial charge in [-0.25, -0.2) is 0 Å². The normalized spacial score (nSPS) is 28.9. The molecule has 1 aromatic rings. The minimum absolute atomic E-state index is 0.0978. The van der Waals surface area contributed by atoms with Crippen molar-refractivity contribution in [2.45, 2.75) is 45.2 Å². The van der Waals surface area contributed by atoms with E-state index < -0.39 is 6.04 Å². The van der Waals surface area contributed by atoms with E-state index in [0.717, 1.165) is 17.9 Å². The Morgan fingerprint density at radius 1 is 1.53 bits per heavy atom. The maximum Gasteiger partial charge on any atom is 0.241 e. The molecule has 5 nitrogen and oxygen atoms in total. The van der Waals surface area contributed by atoms with E-state index in [-0.39, 0.29) is 11.9 Å². The number of aryl methyl sites for hydroxylation is 1. The van der Waals surface area contributed by atoms with E-state index in [4.69, 9.17) is 5.73 Å². The number of amides is 1. The smallest absolute Gasteiger partial charge is 0.241 e. The van der Waals surface area contributed by atoms with Crippen LogP contribution in [0.4, 0.5) is 0 Å². The molecule has 0 aromatic carbocycles. The lowest BCUT2D eigenvalue weighted by atomic mass is 9.80. The highest BCUT2D eigenvalue weighted by molar-refractivity contribution is 5.83. The van der Waals surface area contributed by atoms with Gasteiger partial charge in [-0.05, 0) is 31.1 Å². The Bertz CT molecular complexity index is 442. The van der Waals surface area contributed by atoms with Crippen LogP contribution in [0, 0.1) is 11.8 Å². The summed E-state index contributed by atoms with van der Waals surface area (Å²) in [5.41, 5.74) is 6.74. The van der Waals surface area contributed by atoms with Gasteiger partial charge in [0.15, 0.2) is 0 Å². The summed E-state index contributed by atoms with van der Waals surface area (Å²) in [6.07, 6.45) is 6.84. The van der Waals surface area contributed by atoms with E-state index in [2.05, 4.69) is 24.3 Å². The van der Waals surface area contributed by atoms with Crippen LogP contribution in [-0.2, 0) is 11.8 Å². The van der Waals surface area contributed by atoms with E-state index in [1.807, 2.05) is 7.05 Å². The van der Waals surface area contributed by atoms with Gasteiger partial charge in [0.25, 0.3) is 0 Å². The Hall–Kier alpha value is -1.36. The van der Waals surface area contributed by atoms with Gasteiger partial charge in [0.2, 0.25) is 5.91 Å². The molecule has 0 radical (unpaired) electrons. The standard InChI is InChI=1S/C14H24N4O/c1-9-4-5-12(10(2)6-9)17-14(19)13(15)11-7-16-18(3)8-11/h7-10,12-13H,4-6,15H2,1-3H3,(H,17,19). The number of nitrogens with one attached hydrogen (secondary N) is 1. The number of aromatic nitrogens is 2. The topological polar surface area (TPSA) is 72.9 Å². The molecule has 2 rings (SSSR count). The first-order chi connectivity index (χ1) is 8.97. The van der Waals surface area contributed by atoms with Gasteiger partial charge in [0, 0.05) is 24.8 Å². The number of carbonyl (C=O) groups is 1. The molecule has 0 bridgehead atoms. The van der Waals surface area contributed by atoms with Gasteiger partial charge in [-0.2, -0.15) is 5.10 Å². The maximum absolute atomic E-state index is 12.2. The molecule has 106 valence electrons. The van der Waals surface area contributed by atoms with Crippen molar-refractivity contribution in [3.8, 4) is 0 Å². The third kappa shape index (κ3) is 3.35. The van der Waals surface area contributed by atoms with Crippen molar-refractivity contribution in [1.29, 1.82) is 0 Å². The summed E-state index contributed by atoms with van der Waals surface area (Å²) in [7, 11) is 1.82. The van der Waals surface area contributed by atoms with Crippen LogP contribution < -0.4 is 11.1 Å². The molecule has 19 heavy (non-hydrogen) atoms. The molecule has 1 aliphatic carbocycles. The number of hydrogen-bond acceptors (Lipinski definition) is 3. The zero-order valence-corrected chi connectivity index (χ0v) is 12.0. The molecular formula is C14H24N4O. The SMILES string of the molecule is CC1CCC(NC(=O)C(N)c2cnn(C)c2)C(C)C1. The molecule has 1 aliphatic rings. The average Bonchev–Trinajstić information content (AvgIpc) is 2.78. The van der Waals surface area contributed by atoms with Crippen molar-refractivity contribution in [2.75, 3.05) is 0 Å². The van der Waals surface area contributed by atoms with Crippen LogP contribution in [0.1, 0.15) is 44.7 Å². The predicted octanol–water partition coefficient (Wildman–Crippen LogP) is 1.36. The maximum atomic E-state index is 12.2. The summed E-state index contributed by atoms with van der Waals surface area (Å²) in [6.45, 7) is 4.48. The molecule has 0 aliphatic heterocycles. The molecule has 4 atom stereocenters. The fourth-order valence-electron chi connectivity index (χ4n) is 2.90. The van der Waals surface area contributed by atoms with Crippen molar-refractivity contribution >= 4 is 5.91 Å². The van der Waals surface area contributed by atoms with Crippen LogP contribution in [-0.4, -0.2) is 21.7 Å². The largest absolute Gasteiger partial charge is 0.351 e. The molecule has 4 unspecified atom stereocenters. The summed E-state index contributed by atoms with van der Waals surface area (Å²) < 4.78 is 1.66. The molecule has 5 heteroatoms. The number of carbonyl (C=O) groups excluding carboxylic acids is 1. The molecule has 1 amide bonds. The van der Waals surface area contributed by atoms with Gasteiger partial charge < -0.3 is 11.1 Å². The molecule has 1 fully saturated rings. The number of rotatable bonds is 3. The minimum Gasteiger partial charge on any atom is -0.351 e. The summed E-state index contributed by atoms with van der Waals surface area (Å²) in [5.74, 6) is 1.18. The Morgan fingerprint density at radius 2 is 2.26 bits per heavy atom. The van der Waals surface area contributed by atoms with Crippen molar-refractivity contribution in [3.05, 3.63) is 18.0 Å². The van der Waals surface area contributed by atoms with Crippen LogP contribution in [0.5, 0.6) is 0 Å². The lowest BCUT2D eigenvalue weighted by molar-refractivity contribution is -0.123. The van der Waals surface area contributed by atoms with Gasteiger partial charge in [0.1, 0.15) is 6.04 Å². The van der Waals surface area contributed by atoms with Gasteiger partial charge in [-0.15, -0.1) is 0 Å². The summed E-state index contributed by atoms with van der Waals surface area (Å²) in [6, 6.07) is -0.369. The highest BCUT2D eigenvalue weighted by atomic mass is 16.2. The molecule has 0 spiro atoms. The van der Waals surface area contributed by atoms with Crippen LogP contribution >= 0.6 is 0 Å². The van der Waals surface area contributed by atoms with Crippen LogP contribution in [0.3, 0.4) is 0 Å². The van der Waals surface area contributed by atoms with E-state index >= 15 is 0 Å². The summed E-state index contributed by atoms with van der Waals surface area (Å²) in [4.78, 5) is 12.2. The van der Waals surface area contributed by atoms with Crippen LogP contribution in [0.25, 0.3) is 0 Å². The second-order valence-corrected chi connectivity index (χ2v) is 5.94. The molecule has 1 aromatic heterocycles. The third-order valence-electron chi connectivity index (χ3n) is 4.13. The second kappa shape index (κ2) is 5.74. The van der Waals surface area contributed by atoms with Crippen LogP contribution in [0.2, 0.25) is 0 Å². The highest BCUT2D eigenvalue weighted by Crippen LogP contribution is 2.28. The molecular weight excluding hydrogens is 240 g/mol. The second-order valence-electron chi connectivity index (χ2n) is 5.94. The molecule has 1 heterocycles. The number of hydrogen-bond donors (Lipinski definition) is 2. The molecule has 1 saturated carbocycles. The Balaban J connectivity index is 1.93. The van der Waals surface area contributed by atoms with Gasteiger partial charge in [-0.1, -0.05) is 13.8 Å². The summed E-state index contributed by atoms with van der Waals surface area (Å²) in [5, 5.41) is 7.14. The monoisotopic (exact) mass is 264 g/mol. The van der Waals surface area contributed by atoms with E-state index in [1.54, 1.807) is 17.1 Å². The minimum atomic E-state index is -0.625. The number of nitrogens with two attached hydrogens (primary N) is 1.